The van der Waals surface area contributed by atoms with Crippen LogP contribution in [0.1, 0.15) is 13.8 Å². The molecule has 0 bridgehead atoms. The number of esters is 1. The van der Waals surface area contributed by atoms with Crippen LogP contribution in [0.3, 0.4) is 0 Å². The molecule has 0 saturated heterocycles. The van der Waals surface area contributed by atoms with E-state index in [0.29, 0.717) is 0 Å². The number of carbonyl (C=O) groups excluding carboxylic acids is 2. The molecule has 0 aliphatic carbocycles. The number of rotatable bonds is 4. The van der Waals surface area contributed by atoms with Gasteiger partial charge in [0.2, 0.25) is 5.91 Å². The fraction of sp³-hybridized carbons (Fsp3) is 0.778. The molecular weight excluding hydrogens is 184 g/mol. The molecule has 0 saturated carbocycles. The van der Waals surface area contributed by atoms with Crippen LogP contribution in [0.15, 0.2) is 0 Å². The number of hydrogen-bond donors (Lipinski definition) is 1. The second kappa shape index (κ2) is 5.59. The average Bonchev–Trinajstić information content (AvgIpc) is 2.14. The lowest BCUT2D eigenvalue weighted by atomic mass is 10.2. The smallest absolute Gasteiger partial charge is 0.322 e. The lowest BCUT2D eigenvalue weighted by Crippen LogP contribution is -2.48. The summed E-state index contributed by atoms with van der Waals surface area (Å²) in [5.74, 6) is -0.441. The van der Waals surface area contributed by atoms with Crippen molar-refractivity contribution in [2.24, 2.45) is 0 Å². The number of ether oxygens (including phenoxy) is 1. The van der Waals surface area contributed by atoms with Crippen LogP contribution in [0.5, 0.6) is 0 Å². The Kier molecular flexibility index (Phi) is 5.15. The van der Waals surface area contributed by atoms with Gasteiger partial charge in [0.05, 0.1) is 13.2 Å². The molecule has 14 heavy (non-hydrogen) atoms. The van der Waals surface area contributed by atoms with Gasteiger partial charge >= 0.3 is 5.97 Å². The molecule has 0 aromatic rings. The molecule has 2 atom stereocenters. The lowest BCUT2D eigenvalue weighted by molar-refractivity contribution is -0.143. The molecule has 0 rings (SSSR count). The normalized spacial score (nSPS) is 14.4. The Morgan fingerprint density at radius 2 is 1.71 bits per heavy atom. The van der Waals surface area contributed by atoms with E-state index in [4.69, 9.17) is 0 Å². The topological polar surface area (TPSA) is 58.6 Å². The second-order valence-electron chi connectivity index (χ2n) is 3.37. The van der Waals surface area contributed by atoms with Gasteiger partial charge in [0.1, 0.15) is 6.04 Å². The van der Waals surface area contributed by atoms with E-state index in [-0.39, 0.29) is 17.9 Å². The van der Waals surface area contributed by atoms with Gasteiger partial charge in [0, 0.05) is 14.1 Å². The largest absolute Gasteiger partial charge is 0.468 e. The van der Waals surface area contributed by atoms with Crippen molar-refractivity contribution in [1.82, 2.24) is 10.2 Å². The fourth-order valence-corrected chi connectivity index (χ4v) is 1.08. The fourth-order valence-electron chi connectivity index (χ4n) is 1.08. The Labute approximate surface area is 84.4 Å². The summed E-state index contributed by atoms with van der Waals surface area (Å²) >= 11 is 0. The maximum Gasteiger partial charge on any atom is 0.322 e. The molecule has 0 aliphatic heterocycles. The van der Waals surface area contributed by atoms with Crippen LogP contribution in [-0.4, -0.2) is 50.1 Å². The molecule has 5 nitrogen and oxygen atoms in total. The number of nitrogens with one attached hydrogen (secondary N) is 1. The van der Waals surface area contributed by atoms with Crippen LogP contribution in [0.4, 0.5) is 0 Å². The first kappa shape index (κ1) is 12.9. The summed E-state index contributed by atoms with van der Waals surface area (Å²) in [5, 5.41) is 2.85. The second-order valence-corrected chi connectivity index (χ2v) is 3.37. The minimum atomic E-state index is -0.473. The monoisotopic (exact) mass is 202 g/mol. The van der Waals surface area contributed by atoms with Gasteiger partial charge in [-0.3, -0.25) is 14.9 Å². The first-order valence-corrected chi connectivity index (χ1v) is 4.45. The van der Waals surface area contributed by atoms with Gasteiger partial charge in [0.15, 0.2) is 0 Å². The van der Waals surface area contributed by atoms with Crippen molar-refractivity contribution in [3.8, 4) is 0 Å². The highest BCUT2D eigenvalue weighted by molar-refractivity contribution is 5.82. The molecule has 1 N–H and O–H groups in total. The predicted octanol–water partition coefficient (Wildman–Crippen LogP) is -0.386. The Hall–Kier alpha value is -1.10. The highest BCUT2D eigenvalue weighted by Gasteiger charge is 2.20. The molecule has 0 radical (unpaired) electrons. The van der Waals surface area contributed by atoms with Crippen LogP contribution in [0.2, 0.25) is 0 Å². The Morgan fingerprint density at radius 1 is 1.21 bits per heavy atom. The highest BCUT2D eigenvalue weighted by Crippen LogP contribution is 1.93. The van der Waals surface area contributed by atoms with Crippen molar-refractivity contribution in [3.63, 3.8) is 0 Å². The molecule has 0 fully saturated rings. The number of methoxy groups -OCH3 is 1. The number of likely N-dealkylation sites (N-methyl/N-ethyl adjacent to an activating group) is 1. The molecule has 0 aromatic carbocycles. The maximum atomic E-state index is 11.4. The summed E-state index contributed by atoms with van der Waals surface area (Å²) in [6, 6.07) is -0.863. The van der Waals surface area contributed by atoms with Gasteiger partial charge in [-0.25, -0.2) is 0 Å². The van der Waals surface area contributed by atoms with Gasteiger partial charge in [0.25, 0.3) is 0 Å². The minimum absolute atomic E-state index is 0.0687. The number of nitrogens with zero attached hydrogens (tertiary/aromatic N) is 1. The number of carbonyl (C=O) groups is 2. The van der Waals surface area contributed by atoms with E-state index in [1.807, 2.05) is 0 Å². The summed E-state index contributed by atoms with van der Waals surface area (Å²) in [6.07, 6.45) is 0. The van der Waals surface area contributed by atoms with Gasteiger partial charge < -0.3 is 9.64 Å². The third kappa shape index (κ3) is 3.74. The van der Waals surface area contributed by atoms with E-state index in [2.05, 4.69) is 10.1 Å². The third-order valence-corrected chi connectivity index (χ3v) is 1.87. The zero-order valence-corrected chi connectivity index (χ0v) is 9.33. The first-order chi connectivity index (χ1) is 6.40. The Balaban J connectivity index is 4.12. The summed E-state index contributed by atoms with van der Waals surface area (Å²) in [5.41, 5.74) is 0. The molecule has 1 amide bonds. The van der Waals surface area contributed by atoms with Crippen molar-refractivity contribution in [2.45, 2.75) is 25.9 Å². The van der Waals surface area contributed by atoms with Crippen LogP contribution in [-0.2, 0) is 14.3 Å². The minimum Gasteiger partial charge on any atom is -0.468 e. The van der Waals surface area contributed by atoms with E-state index in [0.717, 1.165) is 0 Å². The Morgan fingerprint density at radius 3 is 2.07 bits per heavy atom. The summed E-state index contributed by atoms with van der Waals surface area (Å²) < 4.78 is 4.53. The van der Waals surface area contributed by atoms with Gasteiger partial charge in [-0.2, -0.15) is 0 Å². The molecule has 5 heteroatoms. The Bertz CT molecular complexity index is 216. The van der Waals surface area contributed by atoms with E-state index < -0.39 is 6.04 Å². The third-order valence-electron chi connectivity index (χ3n) is 1.87. The standard InChI is InChI=1S/C9H18N2O3/c1-6(8(12)11(3)4)10-7(2)9(13)14-5/h6-7,10H,1-5H3. The van der Waals surface area contributed by atoms with E-state index >= 15 is 0 Å². The van der Waals surface area contributed by atoms with Crippen LogP contribution < -0.4 is 5.32 Å². The van der Waals surface area contributed by atoms with Crippen LogP contribution in [0.25, 0.3) is 0 Å². The number of amides is 1. The predicted molar refractivity (Wildman–Crippen MR) is 52.8 cm³/mol. The van der Waals surface area contributed by atoms with Gasteiger partial charge in [-0.05, 0) is 13.8 Å². The maximum absolute atomic E-state index is 11.4. The quantitative estimate of drug-likeness (QED) is 0.631. The first-order valence-electron chi connectivity index (χ1n) is 4.45. The lowest BCUT2D eigenvalue weighted by Gasteiger charge is -2.20. The molecule has 82 valence electrons. The van der Waals surface area contributed by atoms with Crippen LogP contribution in [0, 0.1) is 0 Å². The van der Waals surface area contributed by atoms with E-state index in [1.165, 1.54) is 12.0 Å². The zero-order chi connectivity index (χ0) is 11.3. The summed E-state index contributed by atoms with van der Waals surface area (Å²) in [6.45, 7) is 3.37. The van der Waals surface area contributed by atoms with E-state index in [9.17, 15) is 9.59 Å². The van der Waals surface area contributed by atoms with Gasteiger partial charge in [-0.1, -0.05) is 0 Å². The van der Waals surface area contributed by atoms with Crippen molar-refractivity contribution >= 4 is 11.9 Å². The summed E-state index contributed by atoms with van der Waals surface area (Å²) in [4.78, 5) is 23.9. The molecule has 0 heterocycles. The SMILES string of the molecule is COC(=O)C(C)NC(C)C(=O)N(C)C. The molecular formula is C9H18N2O3. The van der Waals surface area contributed by atoms with Crippen molar-refractivity contribution in [3.05, 3.63) is 0 Å². The molecule has 0 spiro atoms. The average molecular weight is 202 g/mol. The molecule has 0 aliphatic rings. The molecule has 2 unspecified atom stereocenters. The summed E-state index contributed by atoms with van der Waals surface area (Å²) in [7, 11) is 4.66. The molecule has 0 aromatic heterocycles. The van der Waals surface area contributed by atoms with Gasteiger partial charge in [-0.15, -0.1) is 0 Å². The van der Waals surface area contributed by atoms with E-state index in [1.54, 1.807) is 27.9 Å². The van der Waals surface area contributed by atoms with Crippen molar-refractivity contribution < 1.29 is 14.3 Å². The van der Waals surface area contributed by atoms with Crippen molar-refractivity contribution in [1.29, 1.82) is 0 Å². The van der Waals surface area contributed by atoms with Crippen molar-refractivity contribution in [2.75, 3.05) is 21.2 Å². The highest BCUT2D eigenvalue weighted by atomic mass is 16.5. The zero-order valence-electron chi connectivity index (χ0n) is 9.33. The number of hydrogen-bond acceptors (Lipinski definition) is 4. The van der Waals surface area contributed by atoms with Crippen LogP contribution >= 0.6 is 0 Å².